The highest BCUT2D eigenvalue weighted by molar-refractivity contribution is 8.26. The quantitative estimate of drug-likeness (QED) is 0.393. The number of methoxy groups -OCH3 is 1. The summed E-state index contributed by atoms with van der Waals surface area (Å²) < 4.78 is 13.4. The van der Waals surface area contributed by atoms with Gasteiger partial charge in [-0.1, -0.05) is 49.1 Å². The first-order valence-corrected chi connectivity index (χ1v) is 11.2. The predicted octanol–water partition coefficient (Wildman–Crippen LogP) is 4.42. The minimum Gasteiger partial charge on any atom is -0.493 e. The van der Waals surface area contributed by atoms with Crippen molar-refractivity contribution in [1.29, 1.82) is 0 Å². The highest BCUT2D eigenvalue weighted by Crippen LogP contribution is 2.35. The number of hydrogen-bond acceptors (Lipinski definition) is 7. The highest BCUT2D eigenvalue weighted by Gasteiger charge is 2.32. The van der Waals surface area contributed by atoms with Crippen molar-refractivity contribution >= 4 is 45.9 Å². The molecule has 0 saturated carbocycles. The summed E-state index contributed by atoms with van der Waals surface area (Å²) >= 11 is 6.52. The minimum absolute atomic E-state index is 0.0922. The summed E-state index contributed by atoms with van der Waals surface area (Å²) in [5.41, 5.74) is 1.11. The molecule has 164 valence electrons. The van der Waals surface area contributed by atoms with Crippen LogP contribution < -0.4 is 15.0 Å². The van der Waals surface area contributed by atoms with Gasteiger partial charge in [-0.25, -0.2) is 0 Å². The van der Waals surface area contributed by atoms with Gasteiger partial charge in [-0.2, -0.15) is 4.98 Å². The number of thioether (sulfide) groups is 1. The number of aryl methyl sites for hydroxylation is 1. The van der Waals surface area contributed by atoms with Crippen molar-refractivity contribution in [2.45, 2.75) is 20.3 Å². The molecule has 3 aromatic rings. The third-order valence-electron chi connectivity index (χ3n) is 4.92. The lowest BCUT2D eigenvalue weighted by molar-refractivity contribution is -0.122. The van der Waals surface area contributed by atoms with E-state index in [0.717, 1.165) is 12.0 Å². The molecule has 1 aliphatic heterocycles. The third kappa shape index (κ3) is 4.01. The second-order valence-electron chi connectivity index (χ2n) is 7.11. The van der Waals surface area contributed by atoms with Gasteiger partial charge in [0.1, 0.15) is 15.5 Å². The number of carbonyl (C=O) groups excluding carboxylic acids is 1. The fourth-order valence-corrected chi connectivity index (χ4v) is 4.64. The molecule has 2 aromatic heterocycles. The topological polar surface area (TPSA) is 73.1 Å². The van der Waals surface area contributed by atoms with Crippen LogP contribution in [-0.4, -0.2) is 38.2 Å². The van der Waals surface area contributed by atoms with Gasteiger partial charge >= 0.3 is 0 Å². The van der Waals surface area contributed by atoms with Crippen LogP contribution in [0.15, 0.2) is 52.3 Å². The van der Waals surface area contributed by atoms with Gasteiger partial charge in [0.05, 0.1) is 12.0 Å². The molecule has 0 spiro atoms. The molecule has 0 bridgehead atoms. The summed E-state index contributed by atoms with van der Waals surface area (Å²) in [5.74, 6) is 0.779. The van der Waals surface area contributed by atoms with Gasteiger partial charge in [0.2, 0.25) is 5.88 Å². The van der Waals surface area contributed by atoms with Crippen molar-refractivity contribution in [2.75, 3.05) is 13.7 Å². The second-order valence-corrected chi connectivity index (χ2v) is 8.78. The third-order valence-corrected chi connectivity index (χ3v) is 6.30. The van der Waals surface area contributed by atoms with Crippen molar-refractivity contribution in [1.82, 2.24) is 14.3 Å². The molecule has 0 N–H and O–H groups in total. The van der Waals surface area contributed by atoms with Crippen molar-refractivity contribution in [2.24, 2.45) is 0 Å². The SMILES string of the molecule is CCCN1C(=O)/C(=C\c2c(Oc3ccccc3OC)nc3c(C)cccn3c2=O)SC1=S. The van der Waals surface area contributed by atoms with Crippen LogP contribution in [0, 0.1) is 6.92 Å². The first-order valence-electron chi connectivity index (χ1n) is 10.0. The minimum atomic E-state index is -0.343. The van der Waals surface area contributed by atoms with E-state index >= 15 is 0 Å². The summed E-state index contributed by atoms with van der Waals surface area (Å²) in [6, 6.07) is 10.7. The Balaban J connectivity index is 1.90. The van der Waals surface area contributed by atoms with Crippen LogP contribution in [0.25, 0.3) is 11.7 Å². The number of benzene rings is 1. The second kappa shape index (κ2) is 9.13. The monoisotopic (exact) mass is 467 g/mol. The highest BCUT2D eigenvalue weighted by atomic mass is 32.2. The van der Waals surface area contributed by atoms with E-state index in [4.69, 9.17) is 21.7 Å². The van der Waals surface area contributed by atoms with E-state index in [1.54, 1.807) is 35.4 Å². The Labute approximate surface area is 194 Å². The average Bonchev–Trinajstić information content (AvgIpc) is 3.05. The molecular weight excluding hydrogens is 446 g/mol. The van der Waals surface area contributed by atoms with Crippen molar-refractivity contribution < 1.29 is 14.3 Å². The maximum atomic E-state index is 13.4. The van der Waals surface area contributed by atoms with Gasteiger partial charge in [-0.05, 0) is 43.2 Å². The van der Waals surface area contributed by atoms with Crippen molar-refractivity contribution in [3.63, 3.8) is 0 Å². The van der Waals surface area contributed by atoms with Crippen LogP contribution >= 0.6 is 24.0 Å². The smallest absolute Gasteiger partial charge is 0.269 e. The van der Waals surface area contributed by atoms with E-state index in [1.165, 1.54) is 29.3 Å². The largest absolute Gasteiger partial charge is 0.493 e. The zero-order valence-electron chi connectivity index (χ0n) is 17.8. The Bertz CT molecular complexity index is 1320. The van der Waals surface area contributed by atoms with Crippen molar-refractivity contribution in [3.05, 3.63) is 69.0 Å². The van der Waals surface area contributed by atoms with Crippen LogP contribution in [0.4, 0.5) is 0 Å². The molecule has 1 aromatic carbocycles. The number of hydrogen-bond donors (Lipinski definition) is 0. The Hall–Kier alpha value is -3.17. The van der Waals surface area contributed by atoms with Gasteiger partial charge < -0.3 is 9.47 Å². The molecule has 0 radical (unpaired) electrons. The van der Waals surface area contributed by atoms with E-state index in [0.29, 0.717) is 32.9 Å². The fraction of sp³-hybridized carbons (Fsp3) is 0.217. The van der Waals surface area contributed by atoms with Gasteiger partial charge in [0.15, 0.2) is 11.5 Å². The summed E-state index contributed by atoms with van der Waals surface area (Å²) in [6.07, 6.45) is 3.94. The molecule has 0 aliphatic carbocycles. The zero-order chi connectivity index (χ0) is 22.8. The first kappa shape index (κ1) is 22.0. The maximum Gasteiger partial charge on any atom is 0.269 e. The molecule has 0 atom stereocenters. The zero-order valence-corrected chi connectivity index (χ0v) is 19.5. The summed E-state index contributed by atoms with van der Waals surface area (Å²) in [4.78, 5) is 32.8. The molecule has 9 heteroatoms. The lowest BCUT2D eigenvalue weighted by atomic mass is 10.2. The lowest BCUT2D eigenvalue weighted by Gasteiger charge is -2.13. The number of rotatable bonds is 6. The van der Waals surface area contributed by atoms with Gasteiger partial charge in [-0.15, -0.1) is 0 Å². The standard InChI is InChI=1S/C23H21N3O4S2/c1-4-11-26-22(28)18(32-23(26)31)13-15-20(30-17-10-6-5-9-16(17)29-3)24-19-14(2)8-7-12-25(19)21(15)27/h5-10,12-13H,4,11H2,1-3H3/b18-13+. The molecule has 3 heterocycles. The van der Waals surface area contributed by atoms with Crippen LogP contribution in [0.5, 0.6) is 17.4 Å². The van der Waals surface area contributed by atoms with Gasteiger partial charge in [0, 0.05) is 12.7 Å². The molecule has 4 rings (SSSR count). The van der Waals surface area contributed by atoms with E-state index < -0.39 is 0 Å². The van der Waals surface area contributed by atoms with Gasteiger partial charge in [-0.3, -0.25) is 18.9 Å². The first-order chi connectivity index (χ1) is 15.4. The Morgan fingerprint density at radius 3 is 2.62 bits per heavy atom. The number of nitrogens with zero attached hydrogens (tertiary/aromatic N) is 3. The van der Waals surface area contributed by atoms with E-state index in [2.05, 4.69) is 4.98 Å². The van der Waals surface area contributed by atoms with Crippen LogP contribution in [0.3, 0.4) is 0 Å². The van der Waals surface area contributed by atoms with Crippen LogP contribution in [0.2, 0.25) is 0 Å². The molecule has 1 aliphatic rings. The number of aromatic nitrogens is 2. The molecule has 7 nitrogen and oxygen atoms in total. The molecule has 0 unspecified atom stereocenters. The van der Waals surface area contributed by atoms with E-state index in [1.807, 2.05) is 26.0 Å². The number of pyridine rings is 1. The lowest BCUT2D eigenvalue weighted by Crippen LogP contribution is -2.28. The molecule has 32 heavy (non-hydrogen) atoms. The number of para-hydroxylation sites is 2. The summed E-state index contributed by atoms with van der Waals surface area (Å²) in [6.45, 7) is 4.37. The fourth-order valence-electron chi connectivity index (χ4n) is 3.35. The Morgan fingerprint density at radius 2 is 1.91 bits per heavy atom. The maximum absolute atomic E-state index is 13.4. The van der Waals surface area contributed by atoms with Crippen LogP contribution in [0.1, 0.15) is 24.5 Å². The number of carbonyl (C=O) groups is 1. The summed E-state index contributed by atoms with van der Waals surface area (Å²) in [5, 5.41) is 0. The molecular formula is C23H21N3O4S2. The van der Waals surface area contributed by atoms with Gasteiger partial charge in [0.25, 0.3) is 11.5 Å². The number of thiocarbonyl (C=S) groups is 1. The average molecular weight is 468 g/mol. The normalized spacial score (nSPS) is 15.1. The number of fused-ring (bicyclic) bond motifs is 1. The Kier molecular flexibility index (Phi) is 6.29. The predicted molar refractivity (Wildman–Crippen MR) is 129 cm³/mol. The van der Waals surface area contributed by atoms with Crippen LogP contribution in [-0.2, 0) is 4.79 Å². The molecule has 1 saturated heterocycles. The summed E-state index contributed by atoms with van der Waals surface area (Å²) in [7, 11) is 1.54. The number of amides is 1. The van der Waals surface area contributed by atoms with E-state index in [9.17, 15) is 9.59 Å². The molecule has 1 amide bonds. The molecule has 1 fully saturated rings. The van der Waals surface area contributed by atoms with E-state index in [-0.39, 0.29) is 22.9 Å². The Morgan fingerprint density at radius 1 is 1.16 bits per heavy atom. The number of ether oxygens (including phenoxy) is 2. The van der Waals surface area contributed by atoms with Crippen molar-refractivity contribution in [3.8, 4) is 17.4 Å².